The van der Waals surface area contributed by atoms with Crippen LogP contribution in [0.3, 0.4) is 0 Å². The van der Waals surface area contributed by atoms with E-state index in [2.05, 4.69) is 18.9 Å². The van der Waals surface area contributed by atoms with Gasteiger partial charge in [0.1, 0.15) is 0 Å². The van der Waals surface area contributed by atoms with E-state index >= 15 is 0 Å². The first-order valence-electron chi connectivity index (χ1n) is 5.24. The summed E-state index contributed by atoms with van der Waals surface area (Å²) < 4.78 is 0. The molecule has 1 amide bonds. The molecule has 0 aromatic heterocycles. The average molecular weight is 199 g/mol. The van der Waals surface area contributed by atoms with Gasteiger partial charge < -0.3 is 16.4 Å². The van der Waals surface area contributed by atoms with Gasteiger partial charge >= 0.3 is 0 Å². The number of carbonyl (C=O) groups excluding carboxylic acids is 1. The molecule has 1 aliphatic rings. The number of hydrogen-bond donors (Lipinski definition) is 2. The zero-order valence-corrected chi connectivity index (χ0v) is 9.07. The summed E-state index contributed by atoms with van der Waals surface area (Å²) in [6, 6.07) is -0.492. The summed E-state index contributed by atoms with van der Waals surface area (Å²) in [5.41, 5.74) is 10.6. The maximum absolute atomic E-state index is 10.7. The molecule has 0 saturated heterocycles. The highest BCUT2D eigenvalue weighted by molar-refractivity contribution is 5.79. The van der Waals surface area contributed by atoms with Crippen LogP contribution in [0.25, 0.3) is 0 Å². The molecule has 3 unspecified atom stereocenters. The van der Waals surface area contributed by atoms with E-state index in [1.165, 1.54) is 6.42 Å². The van der Waals surface area contributed by atoms with Gasteiger partial charge in [-0.25, -0.2) is 0 Å². The van der Waals surface area contributed by atoms with Gasteiger partial charge in [-0.2, -0.15) is 0 Å². The molecule has 1 aliphatic carbocycles. The number of nitrogens with two attached hydrogens (primary N) is 2. The van der Waals surface area contributed by atoms with E-state index in [9.17, 15) is 4.79 Å². The molecule has 0 radical (unpaired) electrons. The minimum absolute atomic E-state index is 0.404. The van der Waals surface area contributed by atoms with Crippen LogP contribution in [0.15, 0.2) is 0 Å². The molecule has 1 rings (SSSR count). The van der Waals surface area contributed by atoms with E-state index in [0.717, 1.165) is 24.9 Å². The summed E-state index contributed by atoms with van der Waals surface area (Å²) in [6.07, 6.45) is 2.00. The van der Waals surface area contributed by atoms with Gasteiger partial charge in [0.15, 0.2) is 0 Å². The van der Waals surface area contributed by atoms with Crippen molar-refractivity contribution in [2.24, 2.45) is 23.3 Å². The summed E-state index contributed by atoms with van der Waals surface area (Å²) in [5, 5.41) is 0. The van der Waals surface area contributed by atoms with Crippen molar-refractivity contribution in [1.29, 1.82) is 0 Å². The van der Waals surface area contributed by atoms with Gasteiger partial charge in [0.2, 0.25) is 5.91 Å². The molecule has 0 bridgehead atoms. The molecule has 0 aromatic carbocycles. The number of primary amides is 1. The van der Waals surface area contributed by atoms with Crippen LogP contribution in [0.4, 0.5) is 0 Å². The van der Waals surface area contributed by atoms with Crippen LogP contribution in [-0.2, 0) is 4.79 Å². The standard InChI is InChI=1S/C10H21N3O/c1-7-5-8(7)6-13(2)4-3-9(11)10(12)14/h7-9H,3-6,11H2,1-2H3,(H2,12,14). The molecule has 4 N–H and O–H groups in total. The van der Waals surface area contributed by atoms with Gasteiger partial charge in [-0.05, 0) is 38.3 Å². The lowest BCUT2D eigenvalue weighted by molar-refractivity contribution is -0.119. The summed E-state index contributed by atoms with van der Waals surface area (Å²) in [5.74, 6) is 1.32. The highest BCUT2D eigenvalue weighted by atomic mass is 16.1. The molecule has 14 heavy (non-hydrogen) atoms. The van der Waals surface area contributed by atoms with Gasteiger partial charge in [-0.1, -0.05) is 6.92 Å². The smallest absolute Gasteiger partial charge is 0.234 e. The Balaban J connectivity index is 2.08. The molecule has 4 nitrogen and oxygen atoms in total. The highest BCUT2D eigenvalue weighted by Gasteiger charge is 2.32. The third-order valence-corrected chi connectivity index (χ3v) is 3.01. The van der Waals surface area contributed by atoms with E-state index < -0.39 is 11.9 Å². The van der Waals surface area contributed by atoms with E-state index in [1.807, 2.05) is 0 Å². The minimum Gasteiger partial charge on any atom is -0.368 e. The third kappa shape index (κ3) is 3.64. The third-order valence-electron chi connectivity index (χ3n) is 3.01. The quantitative estimate of drug-likeness (QED) is 0.621. The van der Waals surface area contributed by atoms with Crippen molar-refractivity contribution in [2.75, 3.05) is 20.1 Å². The van der Waals surface area contributed by atoms with Crippen molar-refractivity contribution >= 4 is 5.91 Å². The maximum Gasteiger partial charge on any atom is 0.234 e. The maximum atomic E-state index is 10.7. The van der Waals surface area contributed by atoms with E-state index in [1.54, 1.807) is 0 Å². The van der Waals surface area contributed by atoms with Crippen molar-refractivity contribution in [2.45, 2.75) is 25.8 Å². The summed E-state index contributed by atoms with van der Waals surface area (Å²) >= 11 is 0. The molecule has 0 heterocycles. The van der Waals surface area contributed by atoms with Crippen molar-refractivity contribution in [3.8, 4) is 0 Å². The molecule has 4 heteroatoms. The fourth-order valence-electron chi connectivity index (χ4n) is 1.65. The SMILES string of the molecule is CC1CC1CN(C)CCC(N)C(N)=O. The lowest BCUT2D eigenvalue weighted by Crippen LogP contribution is -2.39. The second-order valence-electron chi connectivity index (χ2n) is 4.53. The largest absolute Gasteiger partial charge is 0.368 e. The Bertz CT molecular complexity index is 208. The first-order valence-corrected chi connectivity index (χ1v) is 5.24. The monoisotopic (exact) mass is 199 g/mol. The molecule has 0 aromatic rings. The van der Waals surface area contributed by atoms with Crippen LogP contribution in [0.1, 0.15) is 19.8 Å². The number of amides is 1. The molecule has 1 saturated carbocycles. The van der Waals surface area contributed by atoms with Crippen LogP contribution in [-0.4, -0.2) is 37.0 Å². The molecule has 1 fully saturated rings. The fourth-order valence-corrected chi connectivity index (χ4v) is 1.65. The zero-order chi connectivity index (χ0) is 10.7. The molecule has 0 spiro atoms. The number of rotatable bonds is 6. The Morgan fingerprint density at radius 2 is 2.21 bits per heavy atom. The molecule has 82 valence electrons. The van der Waals surface area contributed by atoms with E-state index in [0.29, 0.717) is 6.42 Å². The average Bonchev–Trinajstić information content (AvgIpc) is 2.77. The Hall–Kier alpha value is -0.610. The predicted octanol–water partition coefficient (Wildman–Crippen LogP) is -0.223. The van der Waals surface area contributed by atoms with Crippen molar-refractivity contribution < 1.29 is 4.79 Å². The summed E-state index contributed by atoms with van der Waals surface area (Å²) in [6.45, 7) is 4.24. The Labute approximate surface area is 85.6 Å². The fraction of sp³-hybridized carbons (Fsp3) is 0.900. The Morgan fingerprint density at radius 3 is 2.64 bits per heavy atom. The van der Waals surface area contributed by atoms with Crippen LogP contribution < -0.4 is 11.5 Å². The number of nitrogens with zero attached hydrogens (tertiary/aromatic N) is 1. The van der Waals surface area contributed by atoms with Gasteiger partial charge in [0.25, 0.3) is 0 Å². The Kier molecular flexibility index (Phi) is 3.89. The van der Waals surface area contributed by atoms with E-state index in [4.69, 9.17) is 11.5 Å². The summed E-state index contributed by atoms with van der Waals surface area (Å²) in [7, 11) is 2.07. The Morgan fingerprint density at radius 1 is 1.64 bits per heavy atom. The highest BCUT2D eigenvalue weighted by Crippen LogP contribution is 2.37. The molecule has 3 atom stereocenters. The normalized spacial score (nSPS) is 27.7. The zero-order valence-electron chi connectivity index (χ0n) is 9.07. The van der Waals surface area contributed by atoms with Crippen molar-refractivity contribution in [1.82, 2.24) is 4.90 Å². The van der Waals surface area contributed by atoms with Crippen LogP contribution >= 0.6 is 0 Å². The molecular weight excluding hydrogens is 178 g/mol. The van der Waals surface area contributed by atoms with Gasteiger partial charge in [-0.15, -0.1) is 0 Å². The van der Waals surface area contributed by atoms with Crippen molar-refractivity contribution in [3.63, 3.8) is 0 Å². The second kappa shape index (κ2) is 4.75. The molecule has 0 aliphatic heterocycles. The first kappa shape index (κ1) is 11.5. The van der Waals surface area contributed by atoms with Crippen molar-refractivity contribution in [3.05, 3.63) is 0 Å². The predicted molar refractivity (Wildman–Crippen MR) is 56.6 cm³/mol. The lowest BCUT2D eigenvalue weighted by atomic mass is 10.2. The van der Waals surface area contributed by atoms with Gasteiger partial charge in [-0.3, -0.25) is 4.79 Å². The lowest BCUT2D eigenvalue weighted by Gasteiger charge is -2.17. The second-order valence-corrected chi connectivity index (χ2v) is 4.53. The minimum atomic E-state index is -0.492. The van der Waals surface area contributed by atoms with Crippen LogP contribution in [0.2, 0.25) is 0 Å². The van der Waals surface area contributed by atoms with E-state index in [-0.39, 0.29) is 0 Å². The van der Waals surface area contributed by atoms with Crippen LogP contribution in [0, 0.1) is 11.8 Å². The van der Waals surface area contributed by atoms with Gasteiger partial charge in [0, 0.05) is 6.54 Å². The topological polar surface area (TPSA) is 72.3 Å². The number of hydrogen-bond acceptors (Lipinski definition) is 3. The van der Waals surface area contributed by atoms with Crippen LogP contribution in [0.5, 0.6) is 0 Å². The molecular formula is C10H21N3O. The van der Waals surface area contributed by atoms with Gasteiger partial charge in [0.05, 0.1) is 6.04 Å². The number of carbonyl (C=O) groups is 1. The summed E-state index contributed by atoms with van der Waals surface area (Å²) in [4.78, 5) is 12.9. The first-order chi connectivity index (χ1) is 6.50.